The molecule has 3 aromatic carbocycles. The maximum absolute atomic E-state index is 15.3. The van der Waals surface area contributed by atoms with Crippen LogP contribution in [0.4, 0.5) is 13.2 Å². The Morgan fingerprint density at radius 2 is 1.60 bits per heavy atom. The summed E-state index contributed by atoms with van der Waals surface area (Å²) in [6, 6.07) is 18.0. The van der Waals surface area contributed by atoms with Crippen LogP contribution >= 0.6 is 0 Å². The van der Waals surface area contributed by atoms with Gasteiger partial charge in [0.1, 0.15) is 11.5 Å². The quantitative estimate of drug-likeness (QED) is 0.125. The molecule has 0 radical (unpaired) electrons. The van der Waals surface area contributed by atoms with Crippen LogP contribution < -0.4 is 9.47 Å². The van der Waals surface area contributed by atoms with Crippen LogP contribution in [0.3, 0.4) is 0 Å². The number of ketones is 1. The number of amides is 1. The summed E-state index contributed by atoms with van der Waals surface area (Å²) in [6.45, 7) is 9.35. The number of carbonyl (C=O) groups is 3. The van der Waals surface area contributed by atoms with Crippen LogP contribution in [0.1, 0.15) is 125 Å². The molecule has 3 fully saturated rings. The van der Waals surface area contributed by atoms with E-state index in [-0.39, 0.29) is 37.6 Å². The molecule has 0 spiro atoms. The second-order valence-electron chi connectivity index (χ2n) is 18.5. The van der Waals surface area contributed by atoms with E-state index >= 15 is 4.79 Å². The zero-order chi connectivity index (χ0) is 43.5. The smallest absolute Gasteiger partial charge is 0.497 e. The predicted molar refractivity (Wildman–Crippen MR) is 218 cm³/mol. The number of alkyl halides is 3. The summed E-state index contributed by atoms with van der Waals surface area (Å²) < 4.78 is 54.7. The number of halogens is 3. The van der Waals surface area contributed by atoms with Gasteiger partial charge in [0.05, 0.1) is 30.8 Å². The van der Waals surface area contributed by atoms with Crippen molar-refractivity contribution in [2.75, 3.05) is 13.7 Å². The van der Waals surface area contributed by atoms with Crippen molar-refractivity contribution < 1.29 is 52.0 Å². The Hall–Kier alpha value is -4.68. The van der Waals surface area contributed by atoms with Crippen molar-refractivity contribution in [3.05, 3.63) is 106 Å². The highest BCUT2D eigenvalue weighted by molar-refractivity contribution is 6.10. The highest BCUT2D eigenvalue weighted by Gasteiger charge is 2.76. The summed E-state index contributed by atoms with van der Waals surface area (Å²) in [7, 11) is 1.56. The number of benzene rings is 3. The molecule has 322 valence electrons. The van der Waals surface area contributed by atoms with Gasteiger partial charge in [-0.15, -0.1) is 13.2 Å². The minimum absolute atomic E-state index is 0.0858. The third-order valence-corrected chi connectivity index (χ3v) is 15.0. The second kappa shape index (κ2) is 15.7. The number of hydrogen-bond acceptors (Lipinski definition) is 8. The Bertz CT molecular complexity index is 2170. The molecule has 8 rings (SSSR count). The summed E-state index contributed by atoms with van der Waals surface area (Å²) in [5, 5.41) is 24.4. The zero-order valence-electron chi connectivity index (χ0n) is 35.3. The van der Waals surface area contributed by atoms with Crippen molar-refractivity contribution >= 4 is 17.7 Å². The van der Waals surface area contributed by atoms with Crippen LogP contribution in [-0.4, -0.2) is 70.1 Å². The number of hydrogen-bond donors (Lipinski definition) is 2. The molecule has 1 saturated heterocycles. The number of aliphatic hydroxyl groups excluding tert-OH is 1. The molecule has 0 unspecified atom stereocenters. The van der Waals surface area contributed by atoms with E-state index in [1.54, 1.807) is 31.4 Å². The molecule has 1 heterocycles. The van der Waals surface area contributed by atoms with Crippen molar-refractivity contribution in [1.82, 2.24) is 4.90 Å². The highest BCUT2D eigenvalue weighted by Crippen LogP contribution is 2.66. The van der Waals surface area contributed by atoms with E-state index in [1.807, 2.05) is 52.8 Å². The number of rotatable bonds is 9. The zero-order valence-corrected chi connectivity index (χ0v) is 35.3. The van der Waals surface area contributed by atoms with Gasteiger partial charge in [-0.05, 0) is 137 Å². The van der Waals surface area contributed by atoms with Gasteiger partial charge < -0.3 is 29.3 Å². The third-order valence-electron chi connectivity index (χ3n) is 15.0. The van der Waals surface area contributed by atoms with Crippen molar-refractivity contribution in [3.8, 4) is 11.5 Å². The maximum Gasteiger partial charge on any atom is 0.573 e. The normalized spacial score (nSPS) is 29.9. The number of carbonyl (C=O) groups excluding carboxylic acids is 3. The predicted octanol–water partition coefficient (Wildman–Crippen LogP) is 9.01. The van der Waals surface area contributed by atoms with E-state index in [9.17, 15) is 33.0 Å². The monoisotopic (exact) mass is 831 g/mol. The van der Waals surface area contributed by atoms with E-state index in [2.05, 4.69) is 10.8 Å². The minimum atomic E-state index is -4.88. The molecule has 12 heteroatoms. The van der Waals surface area contributed by atoms with Gasteiger partial charge in [-0.2, -0.15) is 0 Å². The Morgan fingerprint density at radius 3 is 2.22 bits per heavy atom. The number of allylic oxidation sites excluding steroid dienone is 2. The standard InChI is InChI=1S/C48H56F3NO8/c1-30-8-7-22-44(4)39(37-20-12-32(26-34(53)15-9-30)27-38(37)40(54)33-13-18-35(58-6)19-14-33)21-23-46(44,57)29-52(28-31-10-16-36(17-11-31)59-48(49,50)51)41(55)47-25-24-45(5,42(56)60-47)43(47,2)3/h8,10-14,16-20,27,34,39,53,57H,7,9,15,21-26,28-29H2,1-6H3/t34-,39-,44-,45-,46+,47+/m0/s1. The van der Waals surface area contributed by atoms with Crippen molar-refractivity contribution in [3.63, 3.8) is 0 Å². The van der Waals surface area contributed by atoms with Gasteiger partial charge >= 0.3 is 12.3 Å². The molecule has 5 aliphatic rings. The molecule has 1 amide bonds. The Morgan fingerprint density at radius 1 is 0.917 bits per heavy atom. The number of aliphatic hydroxyl groups is 2. The van der Waals surface area contributed by atoms with Crippen LogP contribution in [0.2, 0.25) is 0 Å². The molecule has 2 saturated carbocycles. The third kappa shape index (κ3) is 7.52. The van der Waals surface area contributed by atoms with Gasteiger partial charge in [-0.25, -0.2) is 0 Å². The summed E-state index contributed by atoms with van der Waals surface area (Å²) in [5.41, 5.74) is -1.66. The number of fused-ring (bicyclic) bond motifs is 10. The van der Waals surface area contributed by atoms with Crippen LogP contribution in [0.5, 0.6) is 11.5 Å². The first-order chi connectivity index (χ1) is 28.1. The van der Waals surface area contributed by atoms with Crippen LogP contribution in [0, 0.1) is 16.2 Å². The lowest BCUT2D eigenvalue weighted by Gasteiger charge is -2.47. The number of ether oxygens (including phenoxy) is 3. The van der Waals surface area contributed by atoms with E-state index in [0.717, 1.165) is 16.7 Å². The van der Waals surface area contributed by atoms with Gasteiger partial charge in [0.2, 0.25) is 0 Å². The van der Waals surface area contributed by atoms with Crippen LogP contribution in [0.15, 0.2) is 78.4 Å². The van der Waals surface area contributed by atoms with E-state index in [1.165, 1.54) is 29.2 Å². The molecule has 60 heavy (non-hydrogen) atoms. The van der Waals surface area contributed by atoms with Gasteiger partial charge in [0.15, 0.2) is 11.4 Å². The van der Waals surface area contributed by atoms with Crippen molar-refractivity contribution in [2.45, 2.75) is 129 Å². The average molecular weight is 832 g/mol. The Labute approximate surface area is 349 Å². The molecular weight excluding hydrogens is 776 g/mol. The average Bonchev–Trinajstić information content (AvgIpc) is 3.63. The molecule has 2 N–H and O–H groups in total. The van der Waals surface area contributed by atoms with Gasteiger partial charge in [0, 0.05) is 28.5 Å². The van der Waals surface area contributed by atoms with E-state index < -0.39 is 57.5 Å². The van der Waals surface area contributed by atoms with E-state index in [0.29, 0.717) is 67.4 Å². The summed E-state index contributed by atoms with van der Waals surface area (Å²) in [6.07, 6.45) is 0.773. The largest absolute Gasteiger partial charge is 0.573 e. The molecule has 1 aliphatic heterocycles. The maximum atomic E-state index is 15.3. The lowest BCUT2D eigenvalue weighted by atomic mass is 9.64. The Balaban J connectivity index is 1.31. The second-order valence-corrected chi connectivity index (χ2v) is 18.5. The first-order valence-electron chi connectivity index (χ1n) is 20.9. The summed E-state index contributed by atoms with van der Waals surface area (Å²) >= 11 is 0. The molecule has 0 aromatic heterocycles. The highest BCUT2D eigenvalue weighted by atomic mass is 19.4. The molecule has 6 atom stereocenters. The first kappa shape index (κ1) is 43.4. The van der Waals surface area contributed by atoms with Crippen molar-refractivity contribution in [2.24, 2.45) is 16.2 Å². The van der Waals surface area contributed by atoms with E-state index in [4.69, 9.17) is 9.47 Å². The Kier molecular flexibility index (Phi) is 11.3. The van der Waals surface area contributed by atoms with Gasteiger partial charge in [0.25, 0.3) is 5.91 Å². The lowest BCUT2D eigenvalue weighted by molar-refractivity contribution is -0.274. The van der Waals surface area contributed by atoms with Crippen LogP contribution in [-0.2, 0) is 27.3 Å². The van der Waals surface area contributed by atoms with Crippen molar-refractivity contribution in [1.29, 1.82) is 0 Å². The molecule has 3 aromatic rings. The first-order valence-corrected chi connectivity index (χ1v) is 20.9. The van der Waals surface area contributed by atoms with Gasteiger partial charge in [-0.1, -0.05) is 56.7 Å². The summed E-state index contributed by atoms with van der Waals surface area (Å²) in [4.78, 5) is 44.7. The molecule has 9 nitrogen and oxygen atoms in total. The van der Waals surface area contributed by atoms with Gasteiger partial charge in [-0.3, -0.25) is 14.4 Å². The molecule has 4 bridgehead atoms. The number of nitrogens with zero attached hydrogens (tertiary/aromatic N) is 1. The molecule has 4 aliphatic carbocycles. The number of esters is 1. The lowest BCUT2D eigenvalue weighted by Crippen LogP contribution is -2.60. The van der Waals surface area contributed by atoms with Crippen LogP contribution in [0.25, 0.3) is 0 Å². The SMILES string of the molecule is COc1ccc(C(=O)c2cc3ccc2[C@@H]2CC[C@@](O)(CN(Cc4ccc(OC(F)(F)F)cc4)C(=O)[C@@]45CC[C@@](C)(C(=O)O4)C5(C)C)[C@@]2(C)CCC=C(C)CC[C@H](O)C3)cc1. The topological polar surface area (TPSA) is 123 Å². The summed E-state index contributed by atoms with van der Waals surface area (Å²) in [5.74, 6) is -1.27. The fourth-order valence-corrected chi connectivity index (χ4v) is 10.6. The minimum Gasteiger partial charge on any atom is -0.497 e. The fraction of sp³-hybridized carbons (Fsp3) is 0.521. The molecular formula is C48H56F3NO8. The fourth-order valence-electron chi connectivity index (χ4n) is 10.6. The number of methoxy groups -OCH3 is 1.